The molecule has 1 aliphatic rings. The Morgan fingerprint density at radius 3 is 2.69 bits per heavy atom. The van der Waals surface area contributed by atoms with E-state index in [0.29, 0.717) is 41.9 Å². The lowest BCUT2D eigenvalue weighted by Crippen LogP contribution is -2.41. The Balaban J connectivity index is 1.71. The molecule has 2 aromatic heterocycles. The lowest BCUT2D eigenvalue weighted by Gasteiger charge is -2.31. The molecule has 0 N–H and O–H groups in total. The molecule has 0 bridgehead atoms. The molecule has 26 heavy (non-hydrogen) atoms. The highest BCUT2D eigenvalue weighted by Crippen LogP contribution is 2.27. The van der Waals surface area contributed by atoms with E-state index in [1.165, 1.54) is 0 Å². The van der Waals surface area contributed by atoms with E-state index < -0.39 is 10.0 Å². The third-order valence-electron chi connectivity index (χ3n) is 4.85. The third kappa shape index (κ3) is 3.76. The number of ether oxygens (including phenoxy) is 1. The van der Waals surface area contributed by atoms with E-state index in [4.69, 9.17) is 4.74 Å². The average molecular weight is 378 g/mol. The van der Waals surface area contributed by atoms with Crippen molar-refractivity contribution in [2.24, 2.45) is 13.0 Å². The van der Waals surface area contributed by atoms with E-state index in [9.17, 15) is 8.42 Å². The Labute approximate surface area is 155 Å². The molecular formula is C18H26N4O3S. The number of piperidine rings is 1. The van der Waals surface area contributed by atoms with Crippen LogP contribution in [0.25, 0.3) is 0 Å². The molecule has 0 aromatic carbocycles. The molecule has 3 heterocycles. The topological polar surface area (TPSA) is 77.3 Å². The van der Waals surface area contributed by atoms with Gasteiger partial charge in [0, 0.05) is 37.8 Å². The summed E-state index contributed by atoms with van der Waals surface area (Å²) >= 11 is 0. The molecule has 2 aromatic rings. The SMILES string of the molecule is Cc1cccc(OCC2CCCN(S(=O)(=O)c3c(C)nn(C)c3C)C2)n1. The zero-order valence-electron chi connectivity index (χ0n) is 15.8. The molecule has 0 aliphatic carbocycles. The zero-order chi connectivity index (χ0) is 18.9. The van der Waals surface area contributed by atoms with Crippen LogP contribution in [-0.4, -0.2) is 47.2 Å². The molecule has 1 saturated heterocycles. The Bertz CT molecular complexity index is 892. The molecule has 8 heteroatoms. The summed E-state index contributed by atoms with van der Waals surface area (Å²) in [6.07, 6.45) is 1.77. The number of aryl methyl sites for hydroxylation is 3. The summed E-state index contributed by atoms with van der Waals surface area (Å²) in [6.45, 7) is 6.92. The molecular weight excluding hydrogens is 352 g/mol. The minimum absolute atomic E-state index is 0.151. The molecule has 0 spiro atoms. The van der Waals surface area contributed by atoms with Gasteiger partial charge < -0.3 is 4.74 Å². The first-order valence-electron chi connectivity index (χ1n) is 8.86. The van der Waals surface area contributed by atoms with Gasteiger partial charge >= 0.3 is 0 Å². The molecule has 142 valence electrons. The van der Waals surface area contributed by atoms with Gasteiger partial charge in [-0.3, -0.25) is 4.68 Å². The molecule has 0 radical (unpaired) electrons. The van der Waals surface area contributed by atoms with Gasteiger partial charge in [-0.25, -0.2) is 13.4 Å². The van der Waals surface area contributed by atoms with Crippen molar-refractivity contribution >= 4 is 10.0 Å². The maximum Gasteiger partial charge on any atom is 0.246 e. The average Bonchev–Trinajstić information content (AvgIpc) is 2.86. The van der Waals surface area contributed by atoms with Crippen molar-refractivity contribution in [2.75, 3.05) is 19.7 Å². The van der Waals surface area contributed by atoms with Gasteiger partial charge in [0.15, 0.2) is 0 Å². The normalized spacial score (nSPS) is 18.8. The number of hydrogen-bond acceptors (Lipinski definition) is 5. The lowest BCUT2D eigenvalue weighted by molar-refractivity contribution is 0.176. The van der Waals surface area contributed by atoms with Crippen molar-refractivity contribution in [3.8, 4) is 5.88 Å². The molecule has 1 unspecified atom stereocenters. The van der Waals surface area contributed by atoms with Gasteiger partial charge in [-0.05, 0) is 39.7 Å². The second-order valence-electron chi connectivity index (χ2n) is 6.92. The number of pyridine rings is 1. The predicted octanol–water partition coefficient (Wildman–Crippen LogP) is 2.22. The van der Waals surface area contributed by atoms with Gasteiger partial charge in [-0.2, -0.15) is 9.40 Å². The number of hydrogen-bond donors (Lipinski definition) is 0. The van der Waals surface area contributed by atoms with E-state index in [-0.39, 0.29) is 5.92 Å². The summed E-state index contributed by atoms with van der Waals surface area (Å²) in [7, 11) is -1.78. The van der Waals surface area contributed by atoms with Crippen molar-refractivity contribution in [3.63, 3.8) is 0 Å². The first kappa shape index (κ1) is 18.8. The molecule has 1 atom stereocenters. The van der Waals surface area contributed by atoms with E-state index in [1.807, 2.05) is 25.1 Å². The fraction of sp³-hybridized carbons (Fsp3) is 0.556. The van der Waals surface area contributed by atoms with Gasteiger partial charge in [0.2, 0.25) is 15.9 Å². The highest BCUT2D eigenvalue weighted by Gasteiger charge is 2.34. The Morgan fingerprint density at radius 1 is 1.27 bits per heavy atom. The van der Waals surface area contributed by atoms with Crippen molar-refractivity contribution < 1.29 is 13.2 Å². The summed E-state index contributed by atoms with van der Waals surface area (Å²) in [4.78, 5) is 4.67. The van der Waals surface area contributed by atoms with Crippen LogP contribution in [0, 0.1) is 26.7 Å². The summed E-state index contributed by atoms with van der Waals surface area (Å²) < 4.78 is 35.2. The van der Waals surface area contributed by atoms with Crippen LogP contribution in [0.3, 0.4) is 0 Å². The Hall–Kier alpha value is -1.93. The van der Waals surface area contributed by atoms with E-state index in [1.54, 1.807) is 29.9 Å². The fourth-order valence-corrected chi connectivity index (χ4v) is 5.39. The molecule has 0 amide bonds. The van der Waals surface area contributed by atoms with Gasteiger partial charge in [-0.1, -0.05) is 6.07 Å². The molecule has 3 rings (SSSR count). The zero-order valence-corrected chi connectivity index (χ0v) is 16.6. The largest absolute Gasteiger partial charge is 0.477 e. The number of sulfonamides is 1. The Morgan fingerprint density at radius 2 is 2.04 bits per heavy atom. The standard InChI is InChI=1S/C18H26N4O3S/c1-13-7-5-9-17(19-13)25-12-16-8-6-10-22(11-16)26(23,24)18-14(2)20-21(4)15(18)3/h5,7,9,16H,6,8,10-12H2,1-4H3. The molecule has 0 saturated carbocycles. The predicted molar refractivity (Wildman–Crippen MR) is 98.6 cm³/mol. The molecule has 1 aliphatic heterocycles. The second kappa shape index (κ2) is 7.36. The first-order valence-corrected chi connectivity index (χ1v) is 10.3. The minimum Gasteiger partial charge on any atom is -0.477 e. The second-order valence-corrected chi connectivity index (χ2v) is 8.80. The number of aromatic nitrogens is 3. The van der Waals surface area contributed by atoms with E-state index >= 15 is 0 Å². The highest BCUT2D eigenvalue weighted by atomic mass is 32.2. The summed E-state index contributed by atoms with van der Waals surface area (Å²) in [5, 5.41) is 4.25. The maximum absolute atomic E-state index is 13.1. The lowest BCUT2D eigenvalue weighted by atomic mass is 10.0. The van der Waals surface area contributed by atoms with Gasteiger partial charge in [0.1, 0.15) is 4.90 Å². The molecule has 7 nitrogen and oxygen atoms in total. The van der Waals surface area contributed by atoms with Crippen molar-refractivity contribution in [2.45, 2.75) is 38.5 Å². The van der Waals surface area contributed by atoms with E-state index in [0.717, 1.165) is 18.5 Å². The van der Waals surface area contributed by atoms with Gasteiger partial charge in [-0.15, -0.1) is 0 Å². The summed E-state index contributed by atoms with van der Waals surface area (Å²) in [5.41, 5.74) is 2.12. The van der Waals surface area contributed by atoms with Crippen LogP contribution in [-0.2, 0) is 17.1 Å². The number of nitrogens with zero attached hydrogens (tertiary/aromatic N) is 4. The maximum atomic E-state index is 13.1. The third-order valence-corrected chi connectivity index (χ3v) is 6.97. The van der Waals surface area contributed by atoms with Crippen LogP contribution in [0.1, 0.15) is 29.9 Å². The Kier molecular flexibility index (Phi) is 5.34. The van der Waals surface area contributed by atoms with Gasteiger partial charge in [0.05, 0.1) is 18.0 Å². The van der Waals surface area contributed by atoms with Crippen LogP contribution < -0.4 is 4.74 Å². The van der Waals surface area contributed by atoms with Crippen LogP contribution in [0.4, 0.5) is 0 Å². The smallest absolute Gasteiger partial charge is 0.246 e. The summed E-state index contributed by atoms with van der Waals surface area (Å²) in [5.74, 6) is 0.738. The van der Waals surface area contributed by atoms with Crippen molar-refractivity contribution in [1.82, 2.24) is 19.1 Å². The van der Waals surface area contributed by atoms with Crippen LogP contribution >= 0.6 is 0 Å². The van der Waals surface area contributed by atoms with Crippen molar-refractivity contribution in [3.05, 3.63) is 35.3 Å². The summed E-state index contributed by atoms with van der Waals surface area (Å²) in [6, 6.07) is 5.65. The van der Waals surface area contributed by atoms with Crippen LogP contribution in [0.15, 0.2) is 23.1 Å². The monoisotopic (exact) mass is 378 g/mol. The fourth-order valence-electron chi connectivity index (χ4n) is 3.44. The van der Waals surface area contributed by atoms with Gasteiger partial charge in [0.25, 0.3) is 0 Å². The van der Waals surface area contributed by atoms with Crippen molar-refractivity contribution in [1.29, 1.82) is 0 Å². The quantitative estimate of drug-likeness (QED) is 0.797. The van der Waals surface area contributed by atoms with E-state index in [2.05, 4.69) is 10.1 Å². The minimum atomic E-state index is -3.55. The van der Waals surface area contributed by atoms with Crippen LogP contribution in [0.2, 0.25) is 0 Å². The number of rotatable bonds is 5. The van der Waals surface area contributed by atoms with Crippen LogP contribution in [0.5, 0.6) is 5.88 Å². The highest BCUT2D eigenvalue weighted by molar-refractivity contribution is 7.89. The first-order chi connectivity index (χ1) is 12.3. The molecule has 1 fully saturated rings.